The second kappa shape index (κ2) is 8.11. The zero-order chi connectivity index (χ0) is 15.9. The zero-order valence-electron chi connectivity index (χ0n) is 13.1. The third kappa shape index (κ3) is 4.18. The van der Waals surface area contributed by atoms with Gasteiger partial charge in [0, 0.05) is 6.61 Å². The Morgan fingerprint density at radius 2 is 1.95 bits per heavy atom. The number of carbonyl (C=O) groups excluding carboxylic acids is 1. The van der Waals surface area contributed by atoms with Gasteiger partial charge in [-0.05, 0) is 41.3 Å². The molecule has 2 N–H and O–H groups in total. The Kier molecular flexibility index (Phi) is 6.16. The fraction of sp³-hybridized carbons (Fsp3) is 0.389. The van der Waals surface area contributed by atoms with E-state index in [1.807, 2.05) is 41.8 Å². The highest BCUT2D eigenvalue weighted by molar-refractivity contribution is 7.12. The summed E-state index contributed by atoms with van der Waals surface area (Å²) in [4.78, 5) is 13.4. The van der Waals surface area contributed by atoms with Crippen molar-refractivity contribution >= 4 is 17.2 Å². The van der Waals surface area contributed by atoms with E-state index in [9.17, 15) is 4.79 Å². The number of carbonyl (C=O) groups is 1. The van der Waals surface area contributed by atoms with E-state index in [0.29, 0.717) is 12.3 Å². The van der Waals surface area contributed by atoms with Gasteiger partial charge in [-0.2, -0.15) is 0 Å². The topological polar surface area (TPSA) is 49.3 Å². The van der Waals surface area contributed by atoms with Crippen LogP contribution in [0, 0.1) is 0 Å². The van der Waals surface area contributed by atoms with E-state index in [2.05, 4.69) is 19.2 Å². The lowest BCUT2D eigenvalue weighted by atomic mass is 10.0. The van der Waals surface area contributed by atoms with Crippen LogP contribution in [0.25, 0.3) is 0 Å². The first-order valence-corrected chi connectivity index (χ1v) is 8.55. The number of hydrogen-bond acceptors (Lipinski definition) is 3. The summed E-state index contributed by atoms with van der Waals surface area (Å²) in [6, 6.07) is 11.9. The van der Waals surface area contributed by atoms with Gasteiger partial charge in [0.1, 0.15) is 0 Å². The van der Waals surface area contributed by atoms with Crippen molar-refractivity contribution in [2.24, 2.45) is 0 Å². The van der Waals surface area contributed by atoms with Crippen LogP contribution in [0.5, 0.6) is 0 Å². The molecule has 2 rings (SSSR count). The highest BCUT2D eigenvalue weighted by Gasteiger charge is 2.19. The van der Waals surface area contributed by atoms with Crippen molar-refractivity contribution in [1.29, 1.82) is 0 Å². The van der Waals surface area contributed by atoms with Crippen LogP contribution in [0.2, 0.25) is 0 Å². The molecule has 3 nitrogen and oxygen atoms in total. The van der Waals surface area contributed by atoms with Gasteiger partial charge in [-0.15, -0.1) is 11.3 Å². The van der Waals surface area contributed by atoms with Crippen LogP contribution in [0.3, 0.4) is 0 Å². The average Bonchev–Trinajstić information content (AvgIpc) is 3.02. The number of rotatable bonds is 7. The summed E-state index contributed by atoms with van der Waals surface area (Å²) in [5.41, 5.74) is 2.17. The fourth-order valence-electron chi connectivity index (χ4n) is 2.49. The number of aliphatic hydroxyl groups is 1. The van der Waals surface area contributed by atoms with Gasteiger partial charge in [-0.3, -0.25) is 4.79 Å². The summed E-state index contributed by atoms with van der Waals surface area (Å²) in [5, 5.41) is 14.2. The average molecular weight is 317 g/mol. The van der Waals surface area contributed by atoms with Crippen LogP contribution in [0.15, 0.2) is 41.8 Å². The summed E-state index contributed by atoms with van der Waals surface area (Å²) in [6.45, 7) is 4.33. The van der Waals surface area contributed by atoms with Crippen molar-refractivity contribution in [2.75, 3.05) is 6.61 Å². The molecular formula is C18H23NO2S. The van der Waals surface area contributed by atoms with Gasteiger partial charge in [0.2, 0.25) is 0 Å². The quantitative estimate of drug-likeness (QED) is 0.807. The first kappa shape index (κ1) is 16.7. The Balaban J connectivity index is 2.16. The molecule has 0 radical (unpaired) electrons. The Hall–Kier alpha value is -1.65. The van der Waals surface area contributed by atoms with E-state index in [1.54, 1.807) is 0 Å². The highest BCUT2D eigenvalue weighted by atomic mass is 32.1. The molecule has 0 aliphatic heterocycles. The van der Waals surface area contributed by atoms with Gasteiger partial charge in [0.15, 0.2) is 0 Å². The Morgan fingerprint density at radius 1 is 1.23 bits per heavy atom. The van der Waals surface area contributed by atoms with Gasteiger partial charge < -0.3 is 10.4 Å². The molecule has 2 aromatic rings. The molecule has 1 atom stereocenters. The standard InChI is InChI=1S/C18H23NO2S/c1-13(2)15-10-12-22-17(15)18(21)19-16(9-6-11-20)14-7-4-3-5-8-14/h3-5,7-8,10,12-13,16,20H,6,9,11H2,1-2H3,(H,19,21). The smallest absolute Gasteiger partial charge is 0.262 e. The van der Waals surface area contributed by atoms with Crippen LogP contribution in [0.4, 0.5) is 0 Å². The van der Waals surface area contributed by atoms with Crippen molar-refractivity contribution in [3.05, 3.63) is 57.8 Å². The van der Waals surface area contributed by atoms with Gasteiger partial charge >= 0.3 is 0 Å². The number of benzene rings is 1. The maximum atomic E-state index is 12.6. The van der Waals surface area contributed by atoms with Gasteiger partial charge in [0.25, 0.3) is 5.91 Å². The number of hydrogen-bond donors (Lipinski definition) is 2. The summed E-state index contributed by atoms with van der Waals surface area (Å²) in [5.74, 6) is 0.310. The monoisotopic (exact) mass is 317 g/mol. The van der Waals surface area contributed by atoms with Gasteiger partial charge in [-0.1, -0.05) is 44.2 Å². The molecular weight excluding hydrogens is 294 g/mol. The molecule has 1 amide bonds. The molecule has 0 saturated carbocycles. The first-order valence-electron chi connectivity index (χ1n) is 7.67. The predicted molar refractivity (Wildman–Crippen MR) is 91.4 cm³/mol. The number of thiophene rings is 1. The van der Waals surface area contributed by atoms with Crippen LogP contribution in [0.1, 0.15) is 59.4 Å². The molecule has 0 spiro atoms. The van der Waals surface area contributed by atoms with Crippen LogP contribution in [-0.2, 0) is 0 Å². The van der Waals surface area contributed by atoms with Crippen molar-refractivity contribution in [1.82, 2.24) is 5.32 Å². The van der Waals surface area contributed by atoms with Crippen LogP contribution >= 0.6 is 11.3 Å². The van der Waals surface area contributed by atoms with E-state index in [-0.39, 0.29) is 18.6 Å². The lowest BCUT2D eigenvalue weighted by molar-refractivity contribution is 0.0935. The third-order valence-corrected chi connectivity index (χ3v) is 4.61. The van der Waals surface area contributed by atoms with Gasteiger partial charge in [-0.25, -0.2) is 0 Å². The number of aliphatic hydroxyl groups excluding tert-OH is 1. The molecule has 4 heteroatoms. The molecule has 22 heavy (non-hydrogen) atoms. The molecule has 118 valence electrons. The van der Waals surface area contributed by atoms with Crippen LogP contribution < -0.4 is 5.32 Å². The zero-order valence-corrected chi connectivity index (χ0v) is 13.9. The molecule has 1 heterocycles. The minimum Gasteiger partial charge on any atom is -0.396 e. The molecule has 0 fully saturated rings. The van der Waals surface area contributed by atoms with Crippen LogP contribution in [-0.4, -0.2) is 17.6 Å². The molecule has 0 aliphatic carbocycles. The van der Waals surface area contributed by atoms with E-state index < -0.39 is 0 Å². The third-order valence-electron chi connectivity index (χ3n) is 3.68. The van der Waals surface area contributed by atoms with Crippen molar-refractivity contribution < 1.29 is 9.90 Å². The summed E-state index contributed by atoms with van der Waals surface area (Å²) < 4.78 is 0. The SMILES string of the molecule is CC(C)c1ccsc1C(=O)NC(CCCO)c1ccccc1. The van der Waals surface area contributed by atoms with Crippen molar-refractivity contribution in [3.8, 4) is 0 Å². The maximum absolute atomic E-state index is 12.6. The van der Waals surface area contributed by atoms with Crippen molar-refractivity contribution in [2.45, 2.75) is 38.6 Å². The molecule has 1 unspecified atom stereocenters. The molecule has 0 aliphatic rings. The van der Waals surface area contributed by atoms with E-state index >= 15 is 0 Å². The first-order chi connectivity index (χ1) is 10.6. The fourth-order valence-corrected chi connectivity index (χ4v) is 3.44. The number of nitrogens with one attached hydrogen (secondary N) is 1. The maximum Gasteiger partial charge on any atom is 0.262 e. The summed E-state index contributed by atoms with van der Waals surface area (Å²) >= 11 is 1.49. The largest absolute Gasteiger partial charge is 0.396 e. The Labute approximate surface area is 136 Å². The predicted octanol–water partition coefficient (Wildman–Crippen LogP) is 4.12. The second-order valence-corrected chi connectivity index (χ2v) is 6.58. The Bertz CT molecular complexity index is 592. The molecule has 1 aromatic carbocycles. The molecule has 0 bridgehead atoms. The number of amides is 1. The highest BCUT2D eigenvalue weighted by Crippen LogP contribution is 2.26. The lowest BCUT2D eigenvalue weighted by Gasteiger charge is -2.19. The van der Waals surface area contributed by atoms with Gasteiger partial charge in [0.05, 0.1) is 10.9 Å². The Morgan fingerprint density at radius 3 is 2.59 bits per heavy atom. The minimum atomic E-state index is -0.0667. The lowest BCUT2D eigenvalue weighted by Crippen LogP contribution is -2.29. The van der Waals surface area contributed by atoms with E-state index in [0.717, 1.165) is 22.4 Å². The second-order valence-electron chi connectivity index (χ2n) is 5.66. The normalized spacial score (nSPS) is 12.4. The van der Waals surface area contributed by atoms with E-state index in [1.165, 1.54) is 11.3 Å². The van der Waals surface area contributed by atoms with E-state index in [4.69, 9.17) is 5.11 Å². The summed E-state index contributed by atoms with van der Waals surface area (Å²) in [7, 11) is 0. The van der Waals surface area contributed by atoms with Crippen molar-refractivity contribution in [3.63, 3.8) is 0 Å². The minimum absolute atomic E-state index is 0.0227. The molecule has 0 saturated heterocycles. The molecule has 1 aromatic heterocycles. The summed E-state index contributed by atoms with van der Waals surface area (Å²) in [6.07, 6.45) is 1.40.